The Morgan fingerprint density at radius 3 is 2.41 bits per heavy atom. The Morgan fingerprint density at radius 1 is 1.03 bits per heavy atom. The predicted molar refractivity (Wildman–Crippen MR) is 107 cm³/mol. The molecule has 7 heteroatoms. The standard InChI is InChI=1S/C22H22N2O5/c1-2-17-9-11-18(12-10-17)14-23(15-19-6-5-13-28-19)22(25)16-29-21-8-4-3-7-20(21)24(26)27/h3-13H,2,14-16H2,1H3. The maximum atomic E-state index is 12.8. The number of ether oxygens (including phenoxy) is 1. The van der Waals surface area contributed by atoms with Crippen LogP contribution in [0.4, 0.5) is 5.69 Å². The second kappa shape index (κ2) is 9.54. The smallest absolute Gasteiger partial charge is 0.310 e. The topological polar surface area (TPSA) is 85.8 Å². The van der Waals surface area contributed by atoms with Crippen LogP contribution in [0.3, 0.4) is 0 Å². The van der Waals surface area contributed by atoms with E-state index in [1.165, 1.54) is 17.7 Å². The zero-order valence-electron chi connectivity index (χ0n) is 16.1. The first-order valence-corrected chi connectivity index (χ1v) is 9.31. The fourth-order valence-corrected chi connectivity index (χ4v) is 2.88. The van der Waals surface area contributed by atoms with Crippen LogP contribution in [0.25, 0.3) is 0 Å². The van der Waals surface area contributed by atoms with Crippen molar-refractivity contribution in [3.8, 4) is 5.75 Å². The highest BCUT2D eigenvalue weighted by Crippen LogP contribution is 2.26. The first kappa shape index (κ1) is 20.1. The number of furan rings is 1. The highest BCUT2D eigenvalue weighted by Gasteiger charge is 2.19. The molecule has 0 saturated carbocycles. The van der Waals surface area contributed by atoms with Gasteiger partial charge in [-0.2, -0.15) is 0 Å². The van der Waals surface area contributed by atoms with Gasteiger partial charge in [-0.25, -0.2) is 0 Å². The number of hydrogen-bond donors (Lipinski definition) is 0. The molecule has 0 saturated heterocycles. The summed E-state index contributed by atoms with van der Waals surface area (Å²) in [6.07, 6.45) is 2.50. The maximum absolute atomic E-state index is 12.8. The second-order valence-electron chi connectivity index (χ2n) is 6.51. The van der Waals surface area contributed by atoms with Crippen LogP contribution in [0.5, 0.6) is 5.75 Å². The fraction of sp³-hybridized carbons (Fsp3) is 0.227. The minimum absolute atomic E-state index is 0.0658. The molecule has 0 radical (unpaired) electrons. The molecule has 2 aromatic carbocycles. The van der Waals surface area contributed by atoms with E-state index in [2.05, 4.69) is 6.92 Å². The average Bonchev–Trinajstić information content (AvgIpc) is 3.25. The highest BCUT2D eigenvalue weighted by molar-refractivity contribution is 5.78. The lowest BCUT2D eigenvalue weighted by atomic mass is 10.1. The Hall–Kier alpha value is -3.61. The summed E-state index contributed by atoms with van der Waals surface area (Å²) in [5.74, 6) is 0.421. The zero-order chi connectivity index (χ0) is 20.6. The number of nitro groups is 1. The molecule has 7 nitrogen and oxygen atoms in total. The largest absolute Gasteiger partial charge is 0.477 e. The van der Waals surface area contributed by atoms with Gasteiger partial charge in [0.05, 0.1) is 17.7 Å². The molecule has 1 heterocycles. The van der Waals surface area contributed by atoms with Gasteiger partial charge in [0.15, 0.2) is 12.4 Å². The van der Waals surface area contributed by atoms with Crippen LogP contribution >= 0.6 is 0 Å². The molecule has 0 aliphatic rings. The number of aryl methyl sites for hydroxylation is 1. The summed E-state index contributed by atoms with van der Waals surface area (Å²) < 4.78 is 10.8. The van der Waals surface area contributed by atoms with Crippen molar-refractivity contribution in [2.24, 2.45) is 0 Å². The molecule has 0 aliphatic carbocycles. The van der Waals surface area contributed by atoms with Crippen molar-refractivity contribution in [1.82, 2.24) is 4.90 Å². The number of benzene rings is 2. The van der Waals surface area contributed by atoms with E-state index in [9.17, 15) is 14.9 Å². The normalized spacial score (nSPS) is 10.5. The fourth-order valence-electron chi connectivity index (χ4n) is 2.88. The highest BCUT2D eigenvalue weighted by atomic mass is 16.6. The molecular weight excluding hydrogens is 372 g/mol. The summed E-state index contributed by atoms with van der Waals surface area (Å²) in [4.78, 5) is 25.0. The molecule has 3 rings (SSSR count). The first-order valence-electron chi connectivity index (χ1n) is 9.31. The summed E-state index contributed by atoms with van der Waals surface area (Å²) in [7, 11) is 0. The summed E-state index contributed by atoms with van der Waals surface area (Å²) in [5.41, 5.74) is 2.03. The molecule has 150 valence electrons. The molecule has 29 heavy (non-hydrogen) atoms. The molecule has 0 aliphatic heterocycles. The molecule has 0 atom stereocenters. The number of nitrogens with zero attached hydrogens (tertiary/aromatic N) is 2. The minimum atomic E-state index is -0.532. The van der Waals surface area contributed by atoms with E-state index in [4.69, 9.17) is 9.15 Å². The first-order chi connectivity index (χ1) is 14.1. The Kier molecular flexibility index (Phi) is 6.63. The van der Waals surface area contributed by atoms with Crippen LogP contribution in [0.1, 0.15) is 23.8 Å². The molecule has 0 spiro atoms. The number of hydrogen-bond acceptors (Lipinski definition) is 5. The Bertz CT molecular complexity index is 952. The monoisotopic (exact) mass is 394 g/mol. The van der Waals surface area contributed by atoms with Gasteiger partial charge in [-0.3, -0.25) is 14.9 Å². The van der Waals surface area contributed by atoms with Crippen LogP contribution in [-0.4, -0.2) is 22.3 Å². The van der Waals surface area contributed by atoms with E-state index < -0.39 is 4.92 Å². The summed E-state index contributed by atoms with van der Waals surface area (Å²) in [6.45, 7) is 2.44. The molecule has 0 fully saturated rings. The van der Waals surface area contributed by atoms with Crippen LogP contribution in [0, 0.1) is 10.1 Å². The van der Waals surface area contributed by atoms with E-state index in [0.717, 1.165) is 12.0 Å². The number of para-hydroxylation sites is 2. The van der Waals surface area contributed by atoms with Crippen molar-refractivity contribution in [1.29, 1.82) is 0 Å². The van der Waals surface area contributed by atoms with Crippen molar-refractivity contribution in [2.45, 2.75) is 26.4 Å². The van der Waals surface area contributed by atoms with E-state index in [-0.39, 0.29) is 30.5 Å². The van der Waals surface area contributed by atoms with Gasteiger partial charge in [0.1, 0.15) is 5.76 Å². The van der Waals surface area contributed by atoms with E-state index in [1.54, 1.807) is 35.4 Å². The van der Waals surface area contributed by atoms with Gasteiger partial charge in [0.2, 0.25) is 0 Å². The van der Waals surface area contributed by atoms with Gasteiger partial charge >= 0.3 is 5.69 Å². The lowest BCUT2D eigenvalue weighted by molar-refractivity contribution is -0.385. The van der Waals surface area contributed by atoms with Crippen LogP contribution < -0.4 is 4.74 Å². The van der Waals surface area contributed by atoms with Crippen LogP contribution in [0.15, 0.2) is 71.3 Å². The van der Waals surface area contributed by atoms with Crippen molar-refractivity contribution in [3.05, 3.63) is 93.9 Å². The third-order valence-corrected chi connectivity index (χ3v) is 4.50. The third kappa shape index (κ3) is 5.44. The van der Waals surface area contributed by atoms with Gasteiger partial charge < -0.3 is 14.1 Å². The Balaban J connectivity index is 1.72. The van der Waals surface area contributed by atoms with Crippen molar-refractivity contribution in [3.63, 3.8) is 0 Å². The van der Waals surface area contributed by atoms with Gasteiger partial charge in [0, 0.05) is 12.6 Å². The molecule has 0 N–H and O–H groups in total. The van der Waals surface area contributed by atoms with Crippen LogP contribution in [0.2, 0.25) is 0 Å². The number of nitro benzene ring substituents is 1. The van der Waals surface area contributed by atoms with Crippen molar-refractivity contribution in [2.75, 3.05) is 6.61 Å². The average molecular weight is 394 g/mol. The molecule has 0 bridgehead atoms. The Labute approximate surface area is 168 Å². The van der Waals surface area contributed by atoms with Crippen molar-refractivity contribution >= 4 is 11.6 Å². The van der Waals surface area contributed by atoms with E-state index in [1.807, 2.05) is 24.3 Å². The Morgan fingerprint density at radius 2 is 1.76 bits per heavy atom. The molecule has 1 aromatic heterocycles. The number of carbonyl (C=O) groups excluding carboxylic acids is 1. The minimum Gasteiger partial charge on any atom is -0.477 e. The SMILES string of the molecule is CCc1ccc(CN(Cc2ccco2)C(=O)COc2ccccc2[N+](=O)[O-])cc1. The third-order valence-electron chi connectivity index (χ3n) is 4.50. The lowest BCUT2D eigenvalue weighted by Crippen LogP contribution is -2.34. The molecular formula is C22H22N2O5. The van der Waals surface area contributed by atoms with Crippen molar-refractivity contribution < 1.29 is 18.9 Å². The summed E-state index contributed by atoms with van der Waals surface area (Å²) in [5, 5.41) is 11.1. The second-order valence-corrected chi connectivity index (χ2v) is 6.51. The predicted octanol–water partition coefficient (Wildman–Crippen LogP) is 4.36. The maximum Gasteiger partial charge on any atom is 0.310 e. The van der Waals surface area contributed by atoms with E-state index >= 15 is 0 Å². The molecule has 1 amide bonds. The quantitative estimate of drug-likeness (QED) is 0.398. The summed E-state index contributed by atoms with van der Waals surface area (Å²) in [6, 6.07) is 17.6. The van der Waals surface area contributed by atoms with Gasteiger partial charge in [-0.1, -0.05) is 43.3 Å². The van der Waals surface area contributed by atoms with E-state index in [0.29, 0.717) is 12.3 Å². The number of amides is 1. The van der Waals surface area contributed by atoms with Crippen LogP contribution in [-0.2, 0) is 24.3 Å². The van der Waals surface area contributed by atoms with Gasteiger partial charge in [0.25, 0.3) is 5.91 Å². The summed E-state index contributed by atoms with van der Waals surface area (Å²) >= 11 is 0. The van der Waals surface area contributed by atoms with Gasteiger partial charge in [-0.05, 0) is 35.7 Å². The number of rotatable bonds is 9. The molecule has 0 unspecified atom stereocenters. The number of carbonyl (C=O) groups is 1. The zero-order valence-corrected chi connectivity index (χ0v) is 16.1. The molecule has 3 aromatic rings. The van der Waals surface area contributed by atoms with Gasteiger partial charge in [-0.15, -0.1) is 0 Å². The lowest BCUT2D eigenvalue weighted by Gasteiger charge is -2.22.